The van der Waals surface area contributed by atoms with Gasteiger partial charge in [-0.1, -0.05) is 24.3 Å². The largest absolute Gasteiger partial charge is 2.00 e. The topological polar surface area (TPSA) is 53.4 Å². The van der Waals surface area contributed by atoms with E-state index in [1.54, 1.807) is 24.3 Å². The molecule has 0 radical (unpaired) electrons. The standard InChI is InChI=1S/C19H18N4O2.Pt/c24-18-7-3-1-5-16(18)22-11-9-20(14-22)13-21-10-12-23(15-21)17-6-2-4-8-19(17)25;/h1-12,14-15,24-25H,13H2;/q-2;+2. The Bertz CT molecular complexity index is 759. The molecule has 0 aliphatic carbocycles. The molecule has 0 amide bonds. The Morgan fingerprint density at radius 2 is 1.08 bits per heavy atom. The molecule has 0 saturated heterocycles. The third kappa shape index (κ3) is 3.65. The zero-order valence-corrected chi connectivity index (χ0v) is 16.1. The van der Waals surface area contributed by atoms with E-state index in [1.807, 2.05) is 82.0 Å². The van der Waals surface area contributed by atoms with E-state index in [2.05, 4.69) is 0 Å². The number of anilines is 2. The molecule has 2 aliphatic heterocycles. The minimum Gasteiger partial charge on any atom is -0.506 e. The maximum absolute atomic E-state index is 9.96. The van der Waals surface area contributed by atoms with Crippen LogP contribution in [0.1, 0.15) is 0 Å². The Morgan fingerprint density at radius 1 is 0.654 bits per heavy atom. The van der Waals surface area contributed by atoms with Gasteiger partial charge < -0.3 is 29.8 Å². The second-order valence-electron chi connectivity index (χ2n) is 5.79. The second kappa shape index (κ2) is 7.75. The Kier molecular flexibility index (Phi) is 5.43. The fourth-order valence-corrected chi connectivity index (χ4v) is 2.79. The zero-order valence-electron chi connectivity index (χ0n) is 13.8. The number of benzene rings is 2. The van der Waals surface area contributed by atoms with Gasteiger partial charge in [-0.15, -0.1) is 13.3 Å². The third-order valence-corrected chi connectivity index (χ3v) is 4.03. The molecule has 26 heavy (non-hydrogen) atoms. The Balaban J connectivity index is 0.00000196. The van der Waals surface area contributed by atoms with Crippen molar-refractivity contribution in [2.24, 2.45) is 0 Å². The Labute approximate surface area is 167 Å². The summed E-state index contributed by atoms with van der Waals surface area (Å²) in [5.41, 5.74) is 1.47. The van der Waals surface area contributed by atoms with E-state index in [9.17, 15) is 10.2 Å². The number of nitrogens with zero attached hydrogens (tertiary/aromatic N) is 4. The van der Waals surface area contributed by atoms with Crippen LogP contribution in [0.3, 0.4) is 0 Å². The minimum atomic E-state index is 0. The van der Waals surface area contributed by atoms with E-state index in [0.717, 1.165) is 11.4 Å². The number of para-hydroxylation sites is 4. The molecule has 2 aromatic carbocycles. The second-order valence-corrected chi connectivity index (χ2v) is 5.79. The van der Waals surface area contributed by atoms with Gasteiger partial charge in [0, 0.05) is 6.67 Å². The van der Waals surface area contributed by atoms with Gasteiger partial charge in [0.25, 0.3) is 0 Å². The number of phenolic OH excluding ortho intramolecular Hbond substituents is 2. The van der Waals surface area contributed by atoms with Crippen LogP contribution in [0.25, 0.3) is 0 Å². The summed E-state index contributed by atoms with van der Waals surface area (Å²) in [5, 5.41) is 19.9. The summed E-state index contributed by atoms with van der Waals surface area (Å²) >= 11 is 0. The molecule has 0 saturated carbocycles. The van der Waals surface area contributed by atoms with Gasteiger partial charge in [0.05, 0.1) is 11.4 Å². The van der Waals surface area contributed by atoms with Crippen molar-refractivity contribution < 1.29 is 31.3 Å². The van der Waals surface area contributed by atoms with E-state index in [-0.39, 0.29) is 32.6 Å². The Morgan fingerprint density at radius 3 is 1.50 bits per heavy atom. The van der Waals surface area contributed by atoms with Gasteiger partial charge >= 0.3 is 21.1 Å². The van der Waals surface area contributed by atoms with Crippen LogP contribution in [0.5, 0.6) is 11.5 Å². The van der Waals surface area contributed by atoms with Crippen molar-refractivity contribution in [3.8, 4) is 11.5 Å². The van der Waals surface area contributed by atoms with Crippen LogP contribution in [0, 0.1) is 13.3 Å². The van der Waals surface area contributed by atoms with Crippen molar-refractivity contribution in [2.75, 3.05) is 16.5 Å². The van der Waals surface area contributed by atoms with Crippen LogP contribution in [-0.2, 0) is 21.1 Å². The summed E-state index contributed by atoms with van der Waals surface area (Å²) in [6.07, 6.45) is 7.68. The van der Waals surface area contributed by atoms with Crippen LogP contribution in [-0.4, -0.2) is 26.7 Å². The van der Waals surface area contributed by atoms with Gasteiger partial charge in [0.1, 0.15) is 11.5 Å². The average Bonchev–Trinajstić information content (AvgIpc) is 3.26. The number of hydrogen-bond donors (Lipinski definition) is 2. The summed E-state index contributed by atoms with van der Waals surface area (Å²) in [6, 6.07) is 14.4. The molecule has 2 heterocycles. The Hall–Kier alpha value is -2.59. The fourth-order valence-electron chi connectivity index (χ4n) is 2.79. The van der Waals surface area contributed by atoms with Gasteiger partial charge in [-0.05, 0) is 49.1 Å². The average molecular weight is 529 g/mol. The fraction of sp³-hybridized carbons (Fsp3) is 0.0526. The number of aromatic hydroxyl groups is 2. The molecule has 0 aromatic heterocycles. The predicted molar refractivity (Wildman–Crippen MR) is 96.6 cm³/mol. The van der Waals surface area contributed by atoms with Crippen LogP contribution >= 0.6 is 0 Å². The first-order valence-electron chi connectivity index (χ1n) is 7.91. The molecule has 7 heteroatoms. The number of phenols is 2. The van der Waals surface area contributed by atoms with Gasteiger partial charge in [0.2, 0.25) is 0 Å². The van der Waals surface area contributed by atoms with Crippen molar-refractivity contribution in [1.29, 1.82) is 0 Å². The quantitative estimate of drug-likeness (QED) is 0.594. The third-order valence-electron chi connectivity index (χ3n) is 4.03. The van der Waals surface area contributed by atoms with Gasteiger partial charge in [0.15, 0.2) is 0 Å². The number of rotatable bonds is 4. The van der Waals surface area contributed by atoms with Crippen molar-refractivity contribution >= 4 is 11.4 Å². The van der Waals surface area contributed by atoms with Crippen LogP contribution in [0.15, 0.2) is 73.3 Å². The van der Waals surface area contributed by atoms with E-state index in [0.29, 0.717) is 6.67 Å². The summed E-state index contributed by atoms with van der Waals surface area (Å²) in [4.78, 5) is 7.75. The van der Waals surface area contributed by atoms with E-state index in [1.165, 1.54) is 0 Å². The normalized spacial score (nSPS) is 15.7. The van der Waals surface area contributed by atoms with Gasteiger partial charge in [-0.25, -0.2) is 0 Å². The zero-order chi connectivity index (χ0) is 17.2. The van der Waals surface area contributed by atoms with Crippen molar-refractivity contribution in [3.63, 3.8) is 0 Å². The maximum atomic E-state index is 9.96. The smallest absolute Gasteiger partial charge is 0.506 e. The first-order chi connectivity index (χ1) is 12.2. The molecule has 2 aliphatic rings. The monoisotopic (exact) mass is 529 g/mol. The minimum absolute atomic E-state index is 0. The summed E-state index contributed by atoms with van der Waals surface area (Å²) in [6.45, 7) is 4.44. The maximum Gasteiger partial charge on any atom is 2.00 e. The summed E-state index contributed by atoms with van der Waals surface area (Å²) in [5.74, 6) is 0.479. The molecule has 0 bridgehead atoms. The van der Waals surface area contributed by atoms with Gasteiger partial charge in [-0.2, -0.15) is 0 Å². The van der Waals surface area contributed by atoms with E-state index >= 15 is 0 Å². The molecule has 136 valence electrons. The molecular weight excluding hydrogens is 511 g/mol. The van der Waals surface area contributed by atoms with Crippen LogP contribution in [0.4, 0.5) is 11.4 Å². The SMILES string of the molecule is Oc1ccccc1N1C=CN(CN2C=CN(c3ccccc3O)[CH-]2)[CH-]1.[Pt+2]. The molecule has 0 fully saturated rings. The summed E-state index contributed by atoms with van der Waals surface area (Å²) in [7, 11) is 0. The molecule has 6 nitrogen and oxygen atoms in total. The van der Waals surface area contributed by atoms with E-state index < -0.39 is 0 Å². The van der Waals surface area contributed by atoms with Crippen LogP contribution < -0.4 is 9.80 Å². The first-order valence-corrected chi connectivity index (χ1v) is 7.91. The van der Waals surface area contributed by atoms with Crippen molar-refractivity contribution in [3.05, 3.63) is 86.7 Å². The predicted octanol–water partition coefficient (Wildman–Crippen LogP) is 3.18. The number of hydrogen-bond acceptors (Lipinski definition) is 6. The summed E-state index contributed by atoms with van der Waals surface area (Å²) < 4.78 is 0. The van der Waals surface area contributed by atoms with Crippen LogP contribution in [0.2, 0.25) is 0 Å². The molecule has 0 spiro atoms. The van der Waals surface area contributed by atoms with Crippen molar-refractivity contribution in [2.45, 2.75) is 0 Å². The first kappa shape index (κ1) is 18.2. The van der Waals surface area contributed by atoms with Gasteiger partial charge in [-0.3, -0.25) is 0 Å². The van der Waals surface area contributed by atoms with E-state index in [4.69, 9.17) is 0 Å². The molecule has 2 aromatic rings. The molecule has 0 atom stereocenters. The molecule has 2 N–H and O–H groups in total. The molecule has 4 rings (SSSR count). The molecular formula is C19H18N4O2Pt. The van der Waals surface area contributed by atoms with Crippen molar-refractivity contribution in [1.82, 2.24) is 9.80 Å². The molecule has 0 unspecified atom stereocenters.